The average molecular weight is 359 g/mol. The van der Waals surface area contributed by atoms with Gasteiger partial charge in [-0.25, -0.2) is 4.98 Å². The van der Waals surface area contributed by atoms with Gasteiger partial charge in [0.25, 0.3) is 0 Å². The zero-order chi connectivity index (χ0) is 18.0. The summed E-state index contributed by atoms with van der Waals surface area (Å²) in [7, 11) is 0. The normalized spacial score (nSPS) is 26.5. The summed E-state index contributed by atoms with van der Waals surface area (Å²) >= 11 is 0. The van der Waals surface area contributed by atoms with Crippen molar-refractivity contribution in [2.24, 2.45) is 11.3 Å². The van der Waals surface area contributed by atoms with Gasteiger partial charge in [-0.2, -0.15) is 5.10 Å². The number of rotatable bonds is 6. The summed E-state index contributed by atoms with van der Waals surface area (Å²) in [4.78, 5) is 33.6. The maximum atomic E-state index is 13.1. The summed E-state index contributed by atoms with van der Waals surface area (Å²) in [6.45, 7) is 3.90. The lowest BCUT2D eigenvalue weighted by atomic mass is 9.77. The van der Waals surface area contributed by atoms with E-state index < -0.39 is 0 Å². The Bertz CT molecular complexity index is 642. The number of piperidine rings is 1. The van der Waals surface area contributed by atoms with Crippen LogP contribution in [0.5, 0.6) is 0 Å². The molecular weight excluding hydrogens is 330 g/mol. The van der Waals surface area contributed by atoms with E-state index in [9.17, 15) is 9.59 Å². The summed E-state index contributed by atoms with van der Waals surface area (Å²) < 4.78 is 1.75. The lowest BCUT2D eigenvalue weighted by molar-refractivity contribution is -0.147. The van der Waals surface area contributed by atoms with E-state index in [0.29, 0.717) is 31.3 Å². The highest BCUT2D eigenvalue weighted by molar-refractivity contribution is 5.86. The molecule has 1 aromatic rings. The van der Waals surface area contributed by atoms with Crippen molar-refractivity contribution >= 4 is 11.8 Å². The molecule has 0 unspecified atom stereocenters. The van der Waals surface area contributed by atoms with E-state index in [1.165, 1.54) is 25.6 Å². The molecule has 1 aromatic heterocycles. The minimum absolute atomic E-state index is 0.172. The van der Waals surface area contributed by atoms with Crippen molar-refractivity contribution in [2.45, 2.75) is 57.9 Å². The number of hydrogen-bond donors (Lipinski definition) is 0. The van der Waals surface area contributed by atoms with Crippen LogP contribution in [0.25, 0.3) is 0 Å². The van der Waals surface area contributed by atoms with Gasteiger partial charge >= 0.3 is 0 Å². The highest BCUT2D eigenvalue weighted by Crippen LogP contribution is 2.41. The van der Waals surface area contributed by atoms with Crippen molar-refractivity contribution in [3.05, 3.63) is 12.7 Å². The number of aryl methyl sites for hydroxylation is 1. The van der Waals surface area contributed by atoms with Gasteiger partial charge in [-0.1, -0.05) is 6.42 Å². The van der Waals surface area contributed by atoms with Gasteiger partial charge in [0.2, 0.25) is 11.8 Å². The molecule has 142 valence electrons. The summed E-state index contributed by atoms with van der Waals surface area (Å²) in [6.07, 6.45) is 11.2. The topological polar surface area (TPSA) is 71.3 Å². The van der Waals surface area contributed by atoms with E-state index in [1.807, 2.05) is 4.90 Å². The molecule has 3 aliphatic rings. The number of carbonyl (C=O) groups excluding carboxylic acids is 2. The summed E-state index contributed by atoms with van der Waals surface area (Å²) in [5, 5.41) is 4.06. The number of nitrogens with zero attached hydrogens (tertiary/aromatic N) is 5. The van der Waals surface area contributed by atoms with E-state index in [-0.39, 0.29) is 11.3 Å². The van der Waals surface area contributed by atoms with Gasteiger partial charge in [0, 0.05) is 39.1 Å². The second-order valence-corrected chi connectivity index (χ2v) is 8.26. The largest absolute Gasteiger partial charge is 0.342 e. The van der Waals surface area contributed by atoms with Crippen LogP contribution in [0.15, 0.2) is 12.7 Å². The number of carbonyl (C=O) groups is 2. The first-order valence-corrected chi connectivity index (χ1v) is 10.1. The van der Waals surface area contributed by atoms with Crippen LogP contribution in [0.2, 0.25) is 0 Å². The fraction of sp³-hybridized carbons (Fsp3) is 0.789. The smallest absolute Gasteiger partial charge is 0.230 e. The minimum atomic E-state index is -0.302. The first kappa shape index (κ1) is 17.5. The van der Waals surface area contributed by atoms with Crippen LogP contribution in [0, 0.1) is 11.3 Å². The third kappa shape index (κ3) is 3.48. The van der Waals surface area contributed by atoms with E-state index in [2.05, 4.69) is 15.0 Å². The first-order chi connectivity index (χ1) is 12.7. The molecule has 7 nitrogen and oxygen atoms in total. The van der Waals surface area contributed by atoms with Crippen molar-refractivity contribution in [3.8, 4) is 0 Å². The Morgan fingerprint density at radius 1 is 1.23 bits per heavy atom. The molecule has 2 amide bonds. The molecule has 0 N–H and O–H groups in total. The van der Waals surface area contributed by atoms with Gasteiger partial charge in [-0.15, -0.1) is 0 Å². The molecule has 7 heteroatoms. The fourth-order valence-electron chi connectivity index (χ4n) is 4.68. The first-order valence-electron chi connectivity index (χ1n) is 10.1. The maximum Gasteiger partial charge on any atom is 0.230 e. The number of amides is 2. The third-order valence-electron chi connectivity index (χ3n) is 6.48. The Balaban J connectivity index is 1.29. The maximum absolute atomic E-state index is 13.1. The van der Waals surface area contributed by atoms with Crippen LogP contribution in [0.4, 0.5) is 0 Å². The SMILES string of the molecule is O=C(CCCn1cncn1)N1CC[C@]2(CCCN(CC3CCC3)C2=O)C1. The van der Waals surface area contributed by atoms with Crippen LogP contribution in [0.1, 0.15) is 51.4 Å². The molecule has 0 radical (unpaired) electrons. The van der Waals surface area contributed by atoms with Crippen LogP contribution >= 0.6 is 0 Å². The van der Waals surface area contributed by atoms with Crippen molar-refractivity contribution in [3.63, 3.8) is 0 Å². The van der Waals surface area contributed by atoms with E-state index in [1.54, 1.807) is 11.0 Å². The van der Waals surface area contributed by atoms with Crippen molar-refractivity contribution < 1.29 is 9.59 Å². The molecule has 1 spiro atoms. The van der Waals surface area contributed by atoms with Gasteiger partial charge < -0.3 is 9.80 Å². The number of hydrogen-bond acceptors (Lipinski definition) is 4. The highest BCUT2D eigenvalue weighted by Gasteiger charge is 2.49. The molecule has 2 saturated heterocycles. The Morgan fingerprint density at radius 2 is 2.12 bits per heavy atom. The molecule has 1 atom stereocenters. The predicted molar refractivity (Wildman–Crippen MR) is 96.0 cm³/mol. The molecule has 0 aromatic carbocycles. The monoisotopic (exact) mass is 359 g/mol. The van der Waals surface area contributed by atoms with Crippen LogP contribution in [-0.4, -0.2) is 62.6 Å². The number of aromatic nitrogens is 3. The Morgan fingerprint density at radius 3 is 2.85 bits per heavy atom. The quantitative estimate of drug-likeness (QED) is 0.775. The second-order valence-electron chi connectivity index (χ2n) is 8.26. The van der Waals surface area contributed by atoms with Gasteiger partial charge in [0.1, 0.15) is 12.7 Å². The summed E-state index contributed by atoms with van der Waals surface area (Å²) in [6, 6.07) is 0. The zero-order valence-electron chi connectivity index (χ0n) is 15.5. The molecule has 3 fully saturated rings. The second kappa shape index (κ2) is 7.37. The van der Waals surface area contributed by atoms with Crippen LogP contribution < -0.4 is 0 Å². The Labute approximate surface area is 154 Å². The van der Waals surface area contributed by atoms with Crippen molar-refractivity contribution in [1.29, 1.82) is 0 Å². The van der Waals surface area contributed by atoms with Gasteiger partial charge in [-0.05, 0) is 44.4 Å². The fourth-order valence-corrected chi connectivity index (χ4v) is 4.68. The molecule has 1 saturated carbocycles. The third-order valence-corrected chi connectivity index (χ3v) is 6.48. The molecule has 26 heavy (non-hydrogen) atoms. The molecule has 4 rings (SSSR count). The molecule has 0 bridgehead atoms. The highest BCUT2D eigenvalue weighted by atomic mass is 16.2. The van der Waals surface area contributed by atoms with Gasteiger partial charge in [-0.3, -0.25) is 14.3 Å². The Kier molecular flexibility index (Phi) is 4.96. The predicted octanol–water partition coefficient (Wildman–Crippen LogP) is 1.70. The van der Waals surface area contributed by atoms with Crippen LogP contribution in [0.3, 0.4) is 0 Å². The van der Waals surface area contributed by atoms with E-state index in [0.717, 1.165) is 45.3 Å². The lowest BCUT2D eigenvalue weighted by Gasteiger charge is -2.42. The average Bonchev–Trinajstić information content (AvgIpc) is 3.25. The number of likely N-dealkylation sites (tertiary alicyclic amines) is 2. The minimum Gasteiger partial charge on any atom is -0.342 e. The lowest BCUT2D eigenvalue weighted by Crippen LogP contribution is -2.52. The summed E-state index contributed by atoms with van der Waals surface area (Å²) in [5.41, 5.74) is -0.302. The molecular formula is C19H29N5O2. The summed E-state index contributed by atoms with van der Waals surface area (Å²) in [5.74, 6) is 1.20. The van der Waals surface area contributed by atoms with Gasteiger partial charge in [0.15, 0.2) is 0 Å². The molecule has 2 aliphatic heterocycles. The van der Waals surface area contributed by atoms with E-state index >= 15 is 0 Å². The van der Waals surface area contributed by atoms with Crippen LogP contribution in [-0.2, 0) is 16.1 Å². The van der Waals surface area contributed by atoms with Crippen molar-refractivity contribution in [2.75, 3.05) is 26.2 Å². The Hall–Kier alpha value is -1.92. The zero-order valence-corrected chi connectivity index (χ0v) is 15.5. The van der Waals surface area contributed by atoms with Gasteiger partial charge in [0.05, 0.1) is 5.41 Å². The molecule has 3 heterocycles. The van der Waals surface area contributed by atoms with E-state index in [4.69, 9.17) is 0 Å². The van der Waals surface area contributed by atoms with Crippen molar-refractivity contribution in [1.82, 2.24) is 24.6 Å². The molecule has 1 aliphatic carbocycles. The standard InChI is InChI=1S/C19H29N5O2/c25-17(6-2-10-24-15-20-14-21-24)23-11-8-19(13-23)7-3-9-22(18(19)26)12-16-4-1-5-16/h14-16H,1-13H2/t19-/m1/s1.